The van der Waals surface area contributed by atoms with Crippen LogP contribution in [0.15, 0.2) is 0 Å². The largest absolute Gasteiger partial charge is 0.370 e. The molecular formula is C18H36O4P2S2. The van der Waals surface area contributed by atoms with Crippen LogP contribution in [-0.2, 0) is 42.1 Å². The predicted octanol–water partition coefficient (Wildman–Crippen LogP) is 4.98. The summed E-state index contributed by atoms with van der Waals surface area (Å²) in [5, 5.41) is 0. The van der Waals surface area contributed by atoms with Crippen LogP contribution in [0.25, 0.3) is 0 Å². The van der Waals surface area contributed by atoms with Gasteiger partial charge in [0.2, 0.25) is 0 Å². The van der Waals surface area contributed by atoms with Gasteiger partial charge in [-0.05, 0) is 50.3 Å². The van der Waals surface area contributed by atoms with Gasteiger partial charge < -0.3 is 18.5 Å². The summed E-state index contributed by atoms with van der Waals surface area (Å²) in [4.78, 5) is 0. The van der Waals surface area contributed by atoms with Crippen molar-refractivity contribution in [3.05, 3.63) is 0 Å². The summed E-state index contributed by atoms with van der Waals surface area (Å²) < 4.78 is 25.1. The van der Waals surface area contributed by atoms with E-state index in [1.165, 1.54) is 0 Å². The summed E-state index contributed by atoms with van der Waals surface area (Å²) >= 11 is 11.8. The van der Waals surface area contributed by atoms with Gasteiger partial charge in [-0.2, -0.15) is 0 Å². The molecule has 0 aromatic carbocycles. The van der Waals surface area contributed by atoms with Crippen LogP contribution in [0.1, 0.15) is 53.4 Å². The second kappa shape index (κ2) is 10.8. The van der Waals surface area contributed by atoms with Crippen molar-refractivity contribution in [2.45, 2.75) is 77.8 Å². The van der Waals surface area contributed by atoms with Gasteiger partial charge >= 0.3 is 0 Å². The van der Waals surface area contributed by atoms with E-state index in [0.717, 1.165) is 50.3 Å². The molecule has 0 spiro atoms. The number of fused-ring (bicyclic) bond motifs is 1. The summed E-state index contributed by atoms with van der Waals surface area (Å²) in [5.74, 6) is 0. The van der Waals surface area contributed by atoms with Crippen molar-refractivity contribution in [2.75, 3.05) is 37.9 Å². The molecule has 0 aromatic rings. The van der Waals surface area contributed by atoms with E-state index in [-0.39, 0.29) is 24.4 Å². The van der Waals surface area contributed by atoms with Crippen molar-refractivity contribution >= 4 is 36.1 Å². The third-order valence-electron chi connectivity index (χ3n) is 4.87. The van der Waals surface area contributed by atoms with Gasteiger partial charge in [0.05, 0.1) is 25.7 Å². The highest BCUT2D eigenvalue weighted by molar-refractivity contribution is 8.12. The summed E-state index contributed by atoms with van der Waals surface area (Å²) in [6.45, 7) is 9.84. The molecule has 4 unspecified atom stereocenters. The molecular weight excluding hydrogens is 406 g/mol. The van der Waals surface area contributed by atoms with Crippen LogP contribution >= 0.6 is 12.5 Å². The molecule has 0 aliphatic carbocycles. The van der Waals surface area contributed by atoms with E-state index in [2.05, 4.69) is 27.7 Å². The van der Waals surface area contributed by atoms with Gasteiger partial charge in [0.15, 0.2) is 0 Å². The first-order valence-electron chi connectivity index (χ1n) is 10.2. The standard InChI is InChI=1S/C18H36O4P2S2/c1-5-9-23(25,10-6-2)21-15-13-19-18-16(14-20-17(15)18)22-24(26,11-7-3)12-8-4/h15-18H,5-14H2,1-4H3. The second-order valence-corrected chi connectivity index (χ2v) is 16.9. The van der Waals surface area contributed by atoms with Gasteiger partial charge in [0.1, 0.15) is 24.4 Å². The van der Waals surface area contributed by atoms with Crippen LogP contribution in [-0.4, -0.2) is 62.3 Å². The van der Waals surface area contributed by atoms with Crippen molar-refractivity contribution in [2.24, 2.45) is 0 Å². The van der Waals surface area contributed by atoms with Crippen LogP contribution < -0.4 is 0 Å². The predicted molar refractivity (Wildman–Crippen MR) is 118 cm³/mol. The lowest BCUT2D eigenvalue weighted by Crippen LogP contribution is -2.33. The van der Waals surface area contributed by atoms with Crippen molar-refractivity contribution in [3.63, 3.8) is 0 Å². The normalized spacial score (nSPS) is 29.2. The molecule has 4 atom stereocenters. The first-order valence-corrected chi connectivity index (χ1v) is 16.3. The highest BCUT2D eigenvalue weighted by Crippen LogP contribution is 2.54. The van der Waals surface area contributed by atoms with Crippen molar-refractivity contribution in [1.82, 2.24) is 0 Å². The van der Waals surface area contributed by atoms with Gasteiger partial charge in [-0.3, -0.25) is 0 Å². The molecule has 2 fully saturated rings. The van der Waals surface area contributed by atoms with E-state index in [9.17, 15) is 0 Å². The topological polar surface area (TPSA) is 36.9 Å². The Morgan fingerprint density at radius 3 is 1.27 bits per heavy atom. The summed E-state index contributed by atoms with van der Waals surface area (Å²) in [6.07, 6.45) is 4.51. The van der Waals surface area contributed by atoms with Gasteiger partial charge in [-0.15, -0.1) is 0 Å². The third kappa shape index (κ3) is 6.07. The van der Waals surface area contributed by atoms with E-state index in [1.807, 2.05) is 0 Å². The van der Waals surface area contributed by atoms with Crippen LogP contribution in [0, 0.1) is 0 Å². The smallest absolute Gasteiger partial charge is 0.115 e. The Balaban J connectivity index is 2.00. The van der Waals surface area contributed by atoms with Gasteiger partial charge in [-0.1, -0.05) is 51.3 Å². The van der Waals surface area contributed by atoms with Crippen molar-refractivity contribution < 1.29 is 18.5 Å². The fourth-order valence-electron chi connectivity index (χ4n) is 3.90. The molecule has 2 saturated heterocycles. The molecule has 4 nitrogen and oxygen atoms in total. The number of ether oxygens (including phenoxy) is 2. The van der Waals surface area contributed by atoms with Crippen LogP contribution in [0.2, 0.25) is 0 Å². The van der Waals surface area contributed by atoms with E-state index < -0.39 is 12.5 Å². The van der Waals surface area contributed by atoms with Crippen molar-refractivity contribution in [3.8, 4) is 0 Å². The molecule has 26 heavy (non-hydrogen) atoms. The second-order valence-electron chi connectivity index (χ2n) is 7.41. The molecule has 0 amide bonds. The SMILES string of the molecule is CCCP(=S)(CCC)OC1COC2C(OP(=S)(CCC)CCC)COC12. The third-order valence-corrected chi connectivity index (χ3v) is 13.4. The average molecular weight is 443 g/mol. The molecule has 0 bridgehead atoms. The van der Waals surface area contributed by atoms with E-state index in [0.29, 0.717) is 13.2 Å². The Morgan fingerprint density at radius 1 is 0.692 bits per heavy atom. The Bertz CT molecular complexity index is 465. The van der Waals surface area contributed by atoms with E-state index in [1.54, 1.807) is 0 Å². The summed E-state index contributed by atoms with van der Waals surface area (Å²) in [5.41, 5.74) is 0. The Kier molecular flexibility index (Phi) is 9.71. The molecule has 0 radical (unpaired) electrons. The zero-order valence-electron chi connectivity index (χ0n) is 16.7. The molecule has 2 rings (SSSR count). The lowest BCUT2D eigenvalue weighted by atomic mass is 10.1. The minimum atomic E-state index is -1.78. The average Bonchev–Trinajstić information content (AvgIpc) is 3.12. The zero-order valence-corrected chi connectivity index (χ0v) is 20.1. The van der Waals surface area contributed by atoms with Crippen LogP contribution in [0.5, 0.6) is 0 Å². The van der Waals surface area contributed by atoms with Crippen molar-refractivity contribution in [1.29, 1.82) is 0 Å². The maximum atomic E-state index is 6.47. The molecule has 2 aliphatic heterocycles. The highest BCUT2D eigenvalue weighted by Gasteiger charge is 2.51. The molecule has 0 N–H and O–H groups in total. The lowest BCUT2D eigenvalue weighted by Gasteiger charge is -2.28. The molecule has 2 aliphatic rings. The number of hydrogen-bond donors (Lipinski definition) is 0. The van der Waals surface area contributed by atoms with Gasteiger partial charge in [0, 0.05) is 0 Å². The maximum absolute atomic E-state index is 6.47. The Labute approximate surface area is 170 Å². The monoisotopic (exact) mass is 442 g/mol. The minimum absolute atomic E-state index is 0.0484. The molecule has 154 valence electrons. The first-order chi connectivity index (χ1) is 12.4. The van der Waals surface area contributed by atoms with E-state index in [4.69, 9.17) is 42.1 Å². The number of rotatable bonds is 12. The van der Waals surface area contributed by atoms with Gasteiger partial charge in [-0.25, -0.2) is 0 Å². The summed E-state index contributed by atoms with van der Waals surface area (Å²) in [7, 11) is 0. The first kappa shape index (κ1) is 23.4. The summed E-state index contributed by atoms with van der Waals surface area (Å²) in [6, 6.07) is 0. The van der Waals surface area contributed by atoms with Crippen LogP contribution in [0.3, 0.4) is 0 Å². The minimum Gasteiger partial charge on any atom is -0.370 e. The Morgan fingerprint density at radius 2 is 1.00 bits per heavy atom. The highest BCUT2D eigenvalue weighted by atomic mass is 32.4. The molecule has 0 aromatic heterocycles. The fourth-order valence-corrected chi connectivity index (χ4v) is 11.7. The molecule has 2 heterocycles. The zero-order chi connectivity index (χ0) is 19.2. The molecule has 0 saturated carbocycles. The lowest BCUT2D eigenvalue weighted by molar-refractivity contribution is 0.0244. The van der Waals surface area contributed by atoms with E-state index >= 15 is 0 Å². The Hall–Kier alpha value is 1.14. The maximum Gasteiger partial charge on any atom is 0.115 e. The van der Waals surface area contributed by atoms with Gasteiger partial charge in [0.25, 0.3) is 0 Å². The quantitative estimate of drug-likeness (QED) is 0.397. The number of hydrogen-bond acceptors (Lipinski definition) is 6. The van der Waals surface area contributed by atoms with Crippen LogP contribution in [0.4, 0.5) is 0 Å². The molecule has 8 heteroatoms. The fraction of sp³-hybridized carbons (Fsp3) is 1.00.